The van der Waals surface area contributed by atoms with Crippen molar-refractivity contribution >= 4 is 0 Å². The van der Waals surface area contributed by atoms with E-state index in [1.807, 2.05) is 0 Å². The first kappa shape index (κ1) is 18.2. The third kappa shape index (κ3) is 17.2. The largest absolute Gasteiger partial charge is 0.330 e. The Morgan fingerprint density at radius 3 is 1.74 bits per heavy atom. The zero-order valence-electron chi connectivity index (χ0n) is 12.8. The highest BCUT2D eigenvalue weighted by Gasteiger charge is 1.89. The lowest BCUT2D eigenvalue weighted by atomic mass is 10.1. The Labute approximate surface area is 120 Å². The quantitative estimate of drug-likeness (QED) is 0.343. The molecule has 19 heavy (non-hydrogen) atoms. The van der Waals surface area contributed by atoms with E-state index in [1.54, 1.807) is 0 Å². The van der Waals surface area contributed by atoms with Crippen molar-refractivity contribution < 1.29 is 0 Å². The van der Waals surface area contributed by atoms with Gasteiger partial charge in [-0.05, 0) is 32.2 Å². The molecule has 1 heteroatoms. The van der Waals surface area contributed by atoms with Gasteiger partial charge in [-0.3, -0.25) is 0 Å². The van der Waals surface area contributed by atoms with Crippen molar-refractivity contribution in [3.63, 3.8) is 0 Å². The Balaban J connectivity index is 3.20. The maximum atomic E-state index is 5.47. The van der Waals surface area contributed by atoms with Gasteiger partial charge in [0.05, 0.1) is 0 Å². The zero-order valence-corrected chi connectivity index (χ0v) is 12.8. The molecule has 0 heterocycles. The summed E-state index contributed by atoms with van der Waals surface area (Å²) in [4.78, 5) is 0. The van der Waals surface area contributed by atoms with E-state index in [1.165, 1.54) is 64.2 Å². The lowest BCUT2D eigenvalue weighted by molar-refractivity contribution is 0.584. The second-order valence-electron chi connectivity index (χ2n) is 5.08. The van der Waals surface area contributed by atoms with Gasteiger partial charge in [-0.2, -0.15) is 0 Å². The van der Waals surface area contributed by atoms with Crippen LogP contribution in [0.15, 0.2) is 36.5 Å². The molecule has 0 saturated heterocycles. The third-order valence-corrected chi connectivity index (χ3v) is 3.14. The van der Waals surface area contributed by atoms with Crippen molar-refractivity contribution in [2.45, 2.75) is 71.1 Å². The molecular weight excluding hydrogens is 230 g/mol. The first-order valence-corrected chi connectivity index (χ1v) is 8.10. The van der Waals surface area contributed by atoms with E-state index >= 15 is 0 Å². The number of hydrogen-bond donors (Lipinski definition) is 1. The highest BCUT2D eigenvalue weighted by Crippen LogP contribution is 2.08. The van der Waals surface area contributed by atoms with E-state index in [0.29, 0.717) is 0 Å². The molecule has 0 unspecified atom stereocenters. The molecule has 0 rings (SSSR count). The molecule has 0 saturated carbocycles. The minimum Gasteiger partial charge on any atom is -0.330 e. The summed E-state index contributed by atoms with van der Waals surface area (Å²) in [6, 6.07) is 0. The first-order chi connectivity index (χ1) is 9.41. The van der Waals surface area contributed by atoms with Gasteiger partial charge in [0.2, 0.25) is 0 Å². The minimum absolute atomic E-state index is 0.853. The Kier molecular flexibility index (Phi) is 16.4. The molecule has 0 fully saturated rings. The molecule has 0 aliphatic carbocycles. The van der Waals surface area contributed by atoms with Crippen LogP contribution in [0.5, 0.6) is 0 Å². The van der Waals surface area contributed by atoms with Gasteiger partial charge in [0.25, 0.3) is 0 Å². The summed E-state index contributed by atoms with van der Waals surface area (Å²) in [5.41, 5.74) is 5.47. The predicted octanol–water partition coefficient (Wildman–Crippen LogP) is 5.53. The SMILES string of the molecule is CCCC=CC=CC=CCCCCCCCCCN. The third-order valence-electron chi connectivity index (χ3n) is 3.14. The standard InChI is InChI=1S/C18H33N/c1-2-3-4-5-6-7-8-9-10-11-12-13-14-15-16-17-18-19/h4-9H,2-3,10-19H2,1H3. The maximum Gasteiger partial charge on any atom is -0.00773 e. The molecule has 0 amide bonds. The average Bonchev–Trinajstić information content (AvgIpc) is 2.43. The van der Waals surface area contributed by atoms with Crippen LogP contribution in [0.3, 0.4) is 0 Å². The molecular formula is C18H33N. The number of rotatable bonds is 13. The summed E-state index contributed by atoms with van der Waals surface area (Å²) in [6.07, 6.45) is 26.0. The summed E-state index contributed by atoms with van der Waals surface area (Å²) in [5.74, 6) is 0. The Hall–Kier alpha value is -0.820. The molecule has 0 aromatic carbocycles. The van der Waals surface area contributed by atoms with Gasteiger partial charge in [-0.15, -0.1) is 0 Å². The first-order valence-electron chi connectivity index (χ1n) is 8.10. The van der Waals surface area contributed by atoms with E-state index in [9.17, 15) is 0 Å². The van der Waals surface area contributed by atoms with Crippen LogP contribution in [0.4, 0.5) is 0 Å². The monoisotopic (exact) mass is 263 g/mol. The van der Waals surface area contributed by atoms with Crippen LogP contribution in [0.1, 0.15) is 71.1 Å². The second kappa shape index (κ2) is 17.2. The molecule has 110 valence electrons. The Morgan fingerprint density at radius 1 is 0.632 bits per heavy atom. The van der Waals surface area contributed by atoms with Gasteiger partial charge < -0.3 is 5.73 Å². The van der Waals surface area contributed by atoms with Crippen LogP contribution in [-0.2, 0) is 0 Å². The fraction of sp³-hybridized carbons (Fsp3) is 0.667. The molecule has 0 aliphatic heterocycles. The van der Waals surface area contributed by atoms with Crippen LogP contribution >= 0.6 is 0 Å². The summed E-state index contributed by atoms with van der Waals surface area (Å²) in [6.45, 7) is 3.05. The van der Waals surface area contributed by atoms with Crippen molar-refractivity contribution in [1.82, 2.24) is 0 Å². The van der Waals surface area contributed by atoms with Crippen LogP contribution in [0.2, 0.25) is 0 Å². The van der Waals surface area contributed by atoms with Crippen molar-refractivity contribution in [3.05, 3.63) is 36.5 Å². The molecule has 1 nitrogen and oxygen atoms in total. The van der Waals surface area contributed by atoms with Crippen LogP contribution in [0, 0.1) is 0 Å². The highest BCUT2D eigenvalue weighted by atomic mass is 14.5. The minimum atomic E-state index is 0.853. The molecule has 0 spiro atoms. The maximum absolute atomic E-state index is 5.47. The molecule has 2 N–H and O–H groups in total. The number of nitrogens with two attached hydrogens (primary N) is 1. The topological polar surface area (TPSA) is 26.0 Å². The highest BCUT2D eigenvalue weighted by molar-refractivity contribution is 5.10. The van der Waals surface area contributed by atoms with E-state index in [4.69, 9.17) is 5.73 Å². The fourth-order valence-corrected chi connectivity index (χ4v) is 1.93. The molecule has 0 bridgehead atoms. The van der Waals surface area contributed by atoms with Gasteiger partial charge in [-0.25, -0.2) is 0 Å². The fourth-order valence-electron chi connectivity index (χ4n) is 1.93. The summed E-state index contributed by atoms with van der Waals surface area (Å²) in [7, 11) is 0. The summed E-state index contributed by atoms with van der Waals surface area (Å²) in [5, 5.41) is 0. The van der Waals surface area contributed by atoms with Gasteiger partial charge in [0, 0.05) is 0 Å². The molecule has 0 atom stereocenters. The second-order valence-corrected chi connectivity index (χ2v) is 5.08. The van der Waals surface area contributed by atoms with Crippen molar-refractivity contribution in [1.29, 1.82) is 0 Å². The lowest BCUT2D eigenvalue weighted by Gasteiger charge is -1.99. The normalized spacial score (nSPS) is 12.3. The Morgan fingerprint density at radius 2 is 1.16 bits per heavy atom. The molecule has 0 aliphatic rings. The van der Waals surface area contributed by atoms with E-state index in [-0.39, 0.29) is 0 Å². The van der Waals surface area contributed by atoms with Crippen LogP contribution < -0.4 is 5.73 Å². The van der Waals surface area contributed by atoms with E-state index in [0.717, 1.165) is 6.54 Å². The van der Waals surface area contributed by atoms with Gasteiger partial charge in [-0.1, -0.05) is 81.9 Å². The van der Waals surface area contributed by atoms with Crippen molar-refractivity contribution in [2.75, 3.05) is 6.54 Å². The van der Waals surface area contributed by atoms with E-state index < -0.39 is 0 Å². The van der Waals surface area contributed by atoms with Crippen LogP contribution in [0.25, 0.3) is 0 Å². The van der Waals surface area contributed by atoms with Gasteiger partial charge in [0.15, 0.2) is 0 Å². The molecule has 0 aromatic rings. The zero-order chi connectivity index (χ0) is 14.0. The lowest BCUT2D eigenvalue weighted by Crippen LogP contribution is -1.97. The molecule has 0 aromatic heterocycles. The van der Waals surface area contributed by atoms with E-state index in [2.05, 4.69) is 43.4 Å². The Bertz CT molecular complexity index is 238. The summed E-state index contributed by atoms with van der Waals surface area (Å²) < 4.78 is 0. The van der Waals surface area contributed by atoms with Crippen molar-refractivity contribution in [3.8, 4) is 0 Å². The predicted molar refractivity (Wildman–Crippen MR) is 88.3 cm³/mol. The number of unbranched alkanes of at least 4 members (excludes halogenated alkanes) is 8. The van der Waals surface area contributed by atoms with Gasteiger partial charge in [0.1, 0.15) is 0 Å². The van der Waals surface area contributed by atoms with Gasteiger partial charge >= 0.3 is 0 Å². The van der Waals surface area contributed by atoms with Crippen molar-refractivity contribution in [2.24, 2.45) is 5.73 Å². The number of allylic oxidation sites excluding steroid dienone is 6. The average molecular weight is 263 g/mol. The summed E-state index contributed by atoms with van der Waals surface area (Å²) >= 11 is 0. The number of hydrogen-bond acceptors (Lipinski definition) is 1. The smallest absolute Gasteiger partial charge is 0.00773 e. The van der Waals surface area contributed by atoms with Crippen LogP contribution in [-0.4, -0.2) is 6.54 Å². The molecule has 0 radical (unpaired) electrons.